The fourth-order valence-electron chi connectivity index (χ4n) is 3.09. The number of aryl methyl sites for hydroxylation is 1. The molecule has 5 nitrogen and oxygen atoms in total. The molecule has 0 radical (unpaired) electrons. The van der Waals surface area contributed by atoms with E-state index >= 15 is 0 Å². The number of ether oxygens (including phenoxy) is 1. The molecular formula is C19H22N2O3S. The molecule has 1 atom stereocenters. The van der Waals surface area contributed by atoms with Crippen LogP contribution in [0.15, 0.2) is 35.7 Å². The van der Waals surface area contributed by atoms with E-state index in [1.54, 1.807) is 18.4 Å². The number of likely N-dealkylation sites (tertiary alicyclic amines) is 1. The van der Waals surface area contributed by atoms with E-state index in [-0.39, 0.29) is 17.9 Å². The molecule has 1 aliphatic rings. The third-order valence-corrected chi connectivity index (χ3v) is 5.27. The first-order chi connectivity index (χ1) is 12.1. The minimum Gasteiger partial charge on any atom is -0.497 e. The van der Waals surface area contributed by atoms with Crippen LogP contribution in [-0.2, 0) is 11.2 Å². The Balaban J connectivity index is 1.53. The Labute approximate surface area is 151 Å². The maximum atomic E-state index is 12.5. The predicted molar refractivity (Wildman–Crippen MR) is 98.2 cm³/mol. The van der Waals surface area contributed by atoms with Crippen LogP contribution in [0.25, 0.3) is 0 Å². The summed E-state index contributed by atoms with van der Waals surface area (Å²) in [7, 11) is 1.61. The molecule has 0 spiro atoms. The molecule has 0 bridgehead atoms. The highest BCUT2D eigenvalue weighted by atomic mass is 32.1. The van der Waals surface area contributed by atoms with E-state index in [0.29, 0.717) is 19.5 Å². The first-order valence-electron chi connectivity index (χ1n) is 8.32. The number of hydrogen-bond acceptors (Lipinski definition) is 4. The molecule has 2 aromatic rings. The van der Waals surface area contributed by atoms with Crippen LogP contribution in [0.2, 0.25) is 0 Å². The highest BCUT2D eigenvalue weighted by molar-refractivity contribution is 7.10. The lowest BCUT2D eigenvalue weighted by molar-refractivity contribution is -0.121. The number of nitrogens with zero attached hydrogens (tertiary/aromatic N) is 1. The molecule has 1 fully saturated rings. The van der Waals surface area contributed by atoms with E-state index < -0.39 is 0 Å². The summed E-state index contributed by atoms with van der Waals surface area (Å²) < 4.78 is 5.18. The van der Waals surface area contributed by atoms with Crippen molar-refractivity contribution in [2.75, 3.05) is 20.2 Å². The maximum Gasteiger partial charge on any atom is 0.255 e. The van der Waals surface area contributed by atoms with Gasteiger partial charge < -0.3 is 15.0 Å². The number of carbonyl (C=O) groups excluding carboxylic acids is 2. The van der Waals surface area contributed by atoms with Crippen molar-refractivity contribution in [2.45, 2.75) is 25.8 Å². The number of hydrogen-bond donors (Lipinski definition) is 1. The average molecular weight is 358 g/mol. The van der Waals surface area contributed by atoms with Gasteiger partial charge in [0.1, 0.15) is 5.75 Å². The zero-order valence-corrected chi connectivity index (χ0v) is 15.3. The van der Waals surface area contributed by atoms with Gasteiger partial charge in [-0.15, -0.1) is 11.3 Å². The van der Waals surface area contributed by atoms with E-state index in [1.165, 1.54) is 0 Å². The molecule has 1 aliphatic heterocycles. The topological polar surface area (TPSA) is 58.6 Å². The van der Waals surface area contributed by atoms with Gasteiger partial charge in [-0.05, 0) is 42.5 Å². The summed E-state index contributed by atoms with van der Waals surface area (Å²) in [6.07, 6.45) is 1.10. The molecule has 1 aromatic heterocycles. The van der Waals surface area contributed by atoms with Crippen LogP contribution in [0.4, 0.5) is 0 Å². The average Bonchev–Trinajstić information content (AvgIpc) is 3.23. The molecular weight excluding hydrogens is 336 g/mol. The summed E-state index contributed by atoms with van der Waals surface area (Å²) in [6.45, 7) is 3.21. The van der Waals surface area contributed by atoms with Gasteiger partial charge in [0.15, 0.2) is 0 Å². The molecule has 0 aliphatic carbocycles. The molecule has 1 saturated heterocycles. The largest absolute Gasteiger partial charge is 0.497 e. The Kier molecular flexibility index (Phi) is 5.38. The van der Waals surface area contributed by atoms with Crippen molar-refractivity contribution in [3.63, 3.8) is 0 Å². The maximum absolute atomic E-state index is 12.5. The number of nitrogens with one attached hydrogen (secondary N) is 1. The molecule has 2 amide bonds. The normalized spacial score (nSPS) is 16.7. The van der Waals surface area contributed by atoms with Crippen molar-refractivity contribution in [1.82, 2.24) is 10.2 Å². The van der Waals surface area contributed by atoms with Gasteiger partial charge in [0.25, 0.3) is 5.91 Å². The summed E-state index contributed by atoms with van der Waals surface area (Å²) in [4.78, 5) is 27.7. The number of benzene rings is 1. The Morgan fingerprint density at radius 2 is 2.20 bits per heavy atom. The number of carbonyl (C=O) groups is 2. The van der Waals surface area contributed by atoms with Gasteiger partial charge >= 0.3 is 0 Å². The van der Waals surface area contributed by atoms with E-state index in [1.807, 2.05) is 47.5 Å². The van der Waals surface area contributed by atoms with E-state index in [9.17, 15) is 9.59 Å². The Hall–Kier alpha value is -2.34. The van der Waals surface area contributed by atoms with Gasteiger partial charge in [0.2, 0.25) is 5.91 Å². The lowest BCUT2D eigenvalue weighted by Gasteiger charge is -2.17. The molecule has 3 rings (SSSR count). The molecule has 1 N–H and O–H groups in total. The van der Waals surface area contributed by atoms with Gasteiger partial charge in [-0.3, -0.25) is 9.59 Å². The summed E-state index contributed by atoms with van der Waals surface area (Å²) in [5, 5.41) is 4.98. The number of methoxy groups -OCH3 is 1. The molecule has 6 heteroatoms. The van der Waals surface area contributed by atoms with Crippen LogP contribution in [0, 0.1) is 6.92 Å². The molecule has 0 saturated carbocycles. The van der Waals surface area contributed by atoms with Crippen LogP contribution >= 0.6 is 11.3 Å². The number of amides is 2. The highest BCUT2D eigenvalue weighted by Crippen LogP contribution is 2.20. The third kappa shape index (κ3) is 4.20. The molecule has 25 heavy (non-hydrogen) atoms. The second-order valence-corrected chi connectivity index (χ2v) is 7.34. The second kappa shape index (κ2) is 7.70. The standard InChI is InChI=1S/C19H22N2O3S/c1-13-17(7-9-25-13)19(23)21-8-6-15(12-21)20-18(22)11-14-4-3-5-16(10-14)24-2/h3-5,7,9-10,15H,6,8,11-12H2,1-2H3,(H,20,22). The Morgan fingerprint density at radius 3 is 2.92 bits per heavy atom. The summed E-state index contributed by atoms with van der Waals surface area (Å²) in [5.74, 6) is 0.775. The van der Waals surface area contributed by atoms with Crippen LogP contribution in [0.1, 0.15) is 27.2 Å². The SMILES string of the molecule is COc1cccc(CC(=O)NC2CCN(C(=O)c3ccsc3C)C2)c1. The summed E-state index contributed by atoms with van der Waals surface area (Å²) in [5.41, 5.74) is 1.69. The third-order valence-electron chi connectivity index (χ3n) is 4.43. The van der Waals surface area contributed by atoms with Gasteiger partial charge in [0, 0.05) is 24.0 Å². The second-order valence-electron chi connectivity index (χ2n) is 6.22. The van der Waals surface area contributed by atoms with Gasteiger partial charge in [-0.2, -0.15) is 0 Å². The van der Waals surface area contributed by atoms with Crippen LogP contribution in [0.5, 0.6) is 5.75 Å². The number of rotatable bonds is 5. The van der Waals surface area contributed by atoms with Gasteiger partial charge in [0.05, 0.1) is 19.1 Å². The minimum absolute atomic E-state index is 0.0148. The quantitative estimate of drug-likeness (QED) is 0.894. The van der Waals surface area contributed by atoms with E-state index in [0.717, 1.165) is 28.2 Å². The lowest BCUT2D eigenvalue weighted by atomic mass is 10.1. The van der Waals surface area contributed by atoms with Crippen LogP contribution < -0.4 is 10.1 Å². The Bertz CT molecular complexity index is 772. The van der Waals surface area contributed by atoms with Crippen molar-refractivity contribution in [3.05, 3.63) is 51.7 Å². The van der Waals surface area contributed by atoms with E-state index in [2.05, 4.69) is 5.32 Å². The smallest absolute Gasteiger partial charge is 0.255 e. The molecule has 132 valence electrons. The monoisotopic (exact) mass is 358 g/mol. The van der Waals surface area contributed by atoms with Crippen molar-refractivity contribution in [1.29, 1.82) is 0 Å². The van der Waals surface area contributed by atoms with Gasteiger partial charge in [-0.25, -0.2) is 0 Å². The van der Waals surface area contributed by atoms with Gasteiger partial charge in [-0.1, -0.05) is 12.1 Å². The van der Waals surface area contributed by atoms with Crippen LogP contribution in [-0.4, -0.2) is 43.0 Å². The number of thiophene rings is 1. The zero-order chi connectivity index (χ0) is 17.8. The van der Waals surface area contributed by atoms with Crippen molar-refractivity contribution >= 4 is 23.2 Å². The zero-order valence-electron chi connectivity index (χ0n) is 14.5. The van der Waals surface area contributed by atoms with Crippen LogP contribution in [0.3, 0.4) is 0 Å². The first-order valence-corrected chi connectivity index (χ1v) is 9.20. The predicted octanol–water partition coefficient (Wildman–Crippen LogP) is 2.64. The summed E-state index contributed by atoms with van der Waals surface area (Å²) >= 11 is 1.58. The van der Waals surface area contributed by atoms with Crippen molar-refractivity contribution in [2.24, 2.45) is 0 Å². The Morgan fingerprint density at radius 1 is 1.36 bits per heavy atom. The fraction of sp³-hybridized carbons (Fsp3) is 0.368. The minimum atomic E-state index is -0.0285. The molecule has 1 unspecified atom stereocenters. The molecule has 2 heterocycles. The molecule has 1 aromatic carbocycles. The van der Waals surface area contributed by atoms with E-state index in [4.69, 9.17) is 4.74 Å². The summed E-state index contributed by atoms with van der Waals surface area (Å²) in [6, 6.07) is 9.39. The van der Waals surface area contributed by atoms with Crippen molar-refractivity contribution < 1.29 is 14.3 Å². The lowest BCUT2D eigenvalue weighted by Crippen LogP contribution is -2.39. The highest BCUT2D eigenvalue weighted by Gasteiger charge is 2.28. The van der Waals surface area contributed by atoms with Crippen molar-refractivity contribution in [3.8, 4) is 5.75 Å². The fourth-order valence-corrected chi connectivity index (χ4v) is 3.78. The first kappa shape index (κ1) is 17.5.